The van der Waals surface area contributed by atoms with Crippen LogP contribution in [0.3, 0.4) is 0 Å². The van der Waals surface area contributed by atoms with Gasteiger partial charge in [0.05, 0.1) is 6.10 Å². The molecule has 1 aromatic heterocycles. The third kappa shape index (κ3) is 3.95. The number of aromatic amines is 1. The summed E-state index contributed by atoms with van der Waals surface area (Å²) in [5.74, 6) is 1.28. The van der Waals surface area contributed by atoms with Gasteiger partial charge in [0.25, 0.3) is 5.56 Å². The van der Waals surface area contributed by atoms with E-state index in [-0.39, 0.29) is 11.7 Å². The molecule has 2 heterocycles. The zero-order chi connectivity index (χ0) is 13.0. The van der Waals surface area contributed by atoms with E-state index in [9.17, 15) is 4.79 Å². The van der Waals surface area contributed by atoms with Crippen LogP contribution < -0.4 is 5.56 Å². The van der Waals surface area contributed by atoms with Crippen molar-refractivity contribution < 1.29 is 4.74 Å². The SMILES string of the molecule is CC(C)Cc1cc(=O)[nH]c(CC2CCCCO2)n1. The number of rotatable bonds is 4. The van der Waals surface area contributed by atoms with Gasteiger partial charge in [0.15, 0.2) is 0 Å². The van der Waals surface area contributed by atoms with Gasteiger partial charge in [-0.15, -0.1) is 0 Å². The summed E-state index contributed by atoms with van der Waals surface area (Å²) in [6.07, 6.45) is 5.21. The highest BCUT2D eigenvalue weighted by Gasteiger charge is 2.16. The highest BCUT2D eigenvalue weighted by molar-refractivity contribution is 5.04. The average Bonchev–Trinajstić information content (AvgIpc) is 2.28. The van der Waals surface area contributed by atoms with Gasteiger partial charge >= 0.3 is 0 Å². The van der Waals surface area contributed by atoms with Gasteiger partial charge in [-0.2, -0.15) is 0 Å². The molecule has 0 radical (unpaired) electrons. The van der Waals surface area contributed by atoms with Crippen molar-refractivity contribution in [3.63, 3.8) is 0 Å². The molecule has 1 aliphatic heterocycles. The van der Waals surface area contributed by atoms with Crippen molar-refractivity contribution in [3.8, 4) is 0 Å². The summed E-state index contributed by atoms with van der Waals surface area (Å²) >= 11 is 0. The summed E-state index contributed by atoms with van der Waals surface area (Å²) in [6, 6.07) is 1.60. The monoisotopic (exact) mass is 250 g/mol. The molecule has 1 fully saturated rings. The van der Waals surface area contributed by atoms with Crippen molar-refractivity contribution in [2.24, 2.45) is 5.92 Å². The van der Waals surface area contributed by atoms with Crippen LogP contribution in [0.15, 0.2) is 10.9 Å². The van der Waals surface area contributed by atoms with Crippen LogP contribution in [0.5, 0.6) is 0 Å². The molecule has 1 N–H and O–H groups in total. The number of ether oxygens (including phenoxy) is 1. The summed E-state index contributed by atoms with van der Waals surface area (Å²) in [7, 11) is 0. The van der Waals surface area contributed by atoms with Gasteiger partial charge in [0, 0.05) is 24.8 Å². The Bertz CT molecular complexity index is 434. The second-order valence-electron chi connectivity index (χ2n) is 5.47. The van der Waals surface area contributed by atoms with Gasteiger partial charge in [-0.25, -0.2) is 4.98 Å². The Morgan fingerprint density at radius 3 is 3.00 bits per heavy atom. The lowest BCUT2D eigenvalue weighted by Crippen LogP contribution is -2.24. The zero-order valence-corrected chi connectivity index (χ0v) is 11.2. The molecule has 4 nitrogen and oxygen atoms in total. The van der Waals surface area contributed by atoms with Crippen LogP contribution in [0.4, 0.5) is 0 Å². The van der Waals surface area contributed by atoms with E-state index in [0.29, 0.717) is 5.92 Å². The molecule has 0 bridgehead atoms. The lowest BCUT2D eigenvalue weighted by atomic mass is 10.1. The topological polar surface area (TPSA) is 55.0 Å². The minimum absolute atomic E-state index is 0.0496. The van der Waals surface area contributed by atoms with Crippen molar-refractivity contribution >= 4 is 0 Å². The van der Waals surface area contributed by atoms with Crippen LogP contribution in [0, 0.1) is 5.92 Å². The van der Waals surface area contributed by atoms with E-state index in [1.165, 1.54) is 6.42 Å². The Hall–Kier alpha value is -1.16. The molecule has 1 saturated heterocycles. The van der Waals surface area contributed by atoms with Crippen LogP contribution in [0.2, 0.25) is 0 Å². The van der Waals surface area contributed by atoms with Gasteiger partial charge in [0.1, 0.15) is 5.82 Å². The van der Waals surface area contributed by atoms with Gasteiger partial charge in [-0.05, 0) is 31.6 Å². The molecule has 18 heavy (non-hydrogen) atoms. The average molecular weight is 250 g/mol. The first-order valence-electron chi connectivity index (χ1n) is 6.84. The van der Waals surface area contributed by atoms with E-state index in [1.807, 2.05) is 0 Å². The van der Waals surface area contributed by atoms with Crippen LogP contribution in [0.25, 0.3) is 0 Å². The third-order valence-electron chi connectivity index (χ3n) is 3.16. The minimum atomic E-state index is -0.0496. The first-order valence-corrected chi connectivity index (χ1v) is 6.84. The van der Waals surface area contributed by atoms with Crippen LogP contribution in [-0.4, -0.2) is 22.7 Å². The standard InChI is InChI=1S/C14H22N2O2/c1-10(2)7-11-8-14(17)16-13(15-11)9-12-5-3-4-6-18-12/h8,10,12H,3-7,9H2,1-2H3,(H,15,16,17). The Morgan fingerprint density at radius 2 is 2.33 bits per heavy atom. The number of H-pyrrole nitrogens is 1. The molecule has 0 saturated carbocycles. The van der Waals surface area contributed by atoms with Crippen molar-refractivity contribution in [3.05, 3.63) is 27.9 Å². The summed E-state index contributed by atoms with van der Waals surface area (Å²) in [5.41, 5.74) is 0.839. The predicted octanol–water partition coefficient (Wildman–Crippen LogP) is 2.08. The molecule has 1 atom stereocenters. The smallest absolute Gasteiger partial charge is 0.251 e. The molecule has 1 aliphatic rings. The largest absolute Gasteiger partial charge is 0.378 e. The van der Waals surface area contributed by atoms with Crippen molar-refractivity contribution in [1.82, 2.24) is 9.97 Å². The lowest BCUT2D eigenvalue weighted by Gasteiger charge is -2.22. The zero-order valence-electron chi connectivity index (χ0n) is 11.2. The fourth-order valence-corrected chi connectivity index (χ4v) is 2.37. The number of aromatic nitrogens is 2. The summed E-state index contributed by atoms with van der Waals surface area (Å²) < 4.78 is 5.68. The third-order valence-corrected chi connectivity index (χ3v) is 3.16. The molecular weight excluding hydrogens is 228 g/mol. The van der Waals surface area contributed by atoms with E-state index in [4.69, 9.17) is 4.74 Å². The Labute approximate surface area is 108 Å². The molecule has 2 rings (SSSR count). The fourth-order valence-electron chi connectivity index (χ4n) is 2.37. The molecule has 100 valence electrons. The van der Waals surface area contributed by atoms with Crippen LogP contribution in [-0.2, 0) is 17.6 Å². The fraction of sp³-hybridized carbons (Fsp3) is 0.714. The Morgan fingerprint density at radius 1 is 1.50 bits per heavy atom. The van der Waals surface area contributed by atoms with Crippen molar-refractivity contribution in [2.45, 2.75) is 52.1 Å². The number of hydrogen-bond donors (Lipinski definition) is 1. The molecule has 1 aromatic rings. The second-order valence-corrected chi connectivity index (χ2v) is 5.47. The van der Waals surface area contributed by atoms with E-state index < -0.39 is 0 Å². The molecule has 0 spiro atoms. The van der Waals surface area contributed by atoms with E-state index in [1.54, 1.807) is 6.07 Å². The van der Waals surface area contributed by atoms with E-state index in [2.05, 4.69) is 23.8 Å². The van der Waals surface area contributed by atoms with E-state index in [0.717, 1.165) is 43.8 Å². The summed E-state index contributed by atoms with van der Waals surface area (Å²) in [6.45, 7) is 5.10. The Balaban J connectivity index is 2.07. The van der Waals surface area contributed by atoms with Crippen molar-refractivity contribution in [1.29, 1.82) is 0 Å². The van der Waals surface area contributed by atoms with Gasteiger partial charge in [-0.3, -0.25) is 4.79 Å². The molecule has 0 amide bonds. The maximum absolute atomic E-state index is 11.6. The maximum Gasteiger partial charge on any atom is 0.251 e. The number of nitrogens with zero attached hydrogens (tertiary/aromatic N) is 1. The van der Waals surface area contributed by atoms with Crippen molar-refractivity contribution in [2.75, 3.05) is 6.61 Å². The summed E-state index contributed by atoms with van der Waals surface area (Å²) in [5, 5.41) is 0. The quantitative estimate of drug-likeness (QED) is 0.890. The van der Waals surface area contributed by atoms with E-state index >= 15 is 0 Å². The maximum atomic E-state index is 11.6. The van der Waals surface area contributed by atoms with Crippen LogP contribution >= 0.6 is 0 Å². The number of hydrogen-bond acceptors (Lipinski definition) is 3. The normalized spacial score (nSPS) is 20.3. The van der Waals surface area contributed by atoms with Gasteiger partial charge in [0.2, 0.25) is 0 Å². The highest BCUT2D eigenvalue weighted by atomic mass is 16.5. The molecule has 0 aromatic carbocycles. The van der Waals surface area contributed by atoms with Gasteiger partial charge < -0.3 is 9.72 Å². The summed E-state index contributed by atoms with van der Waals surface area (Å²) in [4.78, 5) is 19.0. The minimum Gasteiger partial charge on any atom is -0.378 e. The second kappa shape index (κ2) is 6.14. The molecule has 0 aliphatic carbocycles. The molecular formula is C14H22N2O2. The predicted molar refractivity (Wildman–Crippen MR) is 70.7 cm³/mol. The first-order chi connectivity index (χ1) is 8.63. The van der Waals surface area contributed by atoms with Crippen LogP contribution in [0.1, 0.15) is 44.6 Å². The van der Waals surface area contributed by atoms with Gasteiger partial charge in [-0.1, -0.05) is 13.8 Å². The Kier molecular flexibility index (Phi) is 4.53. The number of nitrogens with one attached hydrogen (secondary N) is 1. The first kappa shape index (κ1) is 13.3. The highest BCUT2D eigenvalue weighted by Crippen LogP contribution is 2.15. The lowest BCUT2D eigenvalue weighted by molar-refractivity contribution is 0.0156. The molecule has 1 unspecified atom stereocenters. The molecule has 4 heteroatoms.